The first-order valence-electron chi connectivity index (χ1n) is 13.0. The molecule has 6 N–H and O–H groups in total. The van der Waals surface area contributed by atoms with Gasteiger partial charge in [-0.1, -0.05) is 55.1 Å². The van der Waals surface area contributed by atoms with Crippen LogP contribution in [0.5, 0.6) is 0 Å². The molecule has 208 valence electrons. The van der Waals surface area contributed by atoms with Gasteiger partial charge in [-0.15, -0.1) is 0 Å². The van der Waals surface area contributed by atoms with E-state index in [-0.39, 0.29) is 18.3 Å². The molecule has 0 saturated heterocycles. The summed E-state index contributed by atoms with van der Waals surface area (Å²) in [5, 5.41) is 6.31. The Bertz CT molecular complexity index is 1430. The van der Waals surface area contributed by atoms with Gasteiger partial charge in [0.15, 0.2) is 0 Å². The van der Waals surface area contributed by atoms with E-state index in [9.17, 15) is 18.0 Å². The molecule has 3 aromatic rings. The Balaban J connectivity index is 1.65. The average molecular weight is 548 g/mol. The Morgan fingerprint density at radius 3 is 2.42 bits per heavy atom. The number of carbonyl (C=O) groups is 1. The molecule has 0 aliphatic heterocycles. The summed E-state index contributed by atoms with van der Waals surface area (Å²) in [7, 11) is 0. The van der Waals surface area contributed by atoms with Gasteiger partial charge in [-0.2, -0.15) is 13.2 Å². The number of nitrogens with two attached hydrogens (primary N) is 2. The third-order valence-electron chi connectivity index (χ3n) is 6.51. The summed E-state index contributed by atoms with van der Waals surface area (Å²) >= 11 is 0. The maximum atomic E-state index is 13.2. The maximum absolute atomic E-state index is 13.2. The molecule has 0 radical (unpaired) electrons. The number of nitrogens with zero attached hydrogens (tertiary/aromatic N) is 1. The van der Waals surface area contributed by atoms with Gasteiger partial charge in [0.25, 0.3) is 5.91 Å². The maximum Gasteiger partial charge on any atom is 0.430 e. The van der Waals surface area contributed by atoms with Crippen molar-refractivity contribution >= 4 is 29.1 Å². The summed E-state index contributed by atoms with van der Waals surface area (Å²) in [6.45, 7) is 4.92. The number of aliphatic imine (C=N–C) groups is 1. The van der Waals surface area contributed by atoms with Gasteiger partial charge in [0.05, 0.1) is 11.7 Å². The normalized spacial score (nSPS) is 15.0. The van der Waals surface area contributed by atoms with Crippen LogP contribution in [-0.2, 0) is 11.3 Å². The Kier molecular flexibility index (Phi) is 9.19. The molecule has 1 fully saturated rings. The molecular formula is C31H32F3N5O. The number of carbonyl (C=O) groups excluding carboxylic acids is 1. The van der Waals surface area contributed by atoms with Crippen molar-refractivity contribution in [1.29, 1.82) is 0 Å². The molecule has 6 nitrogen and oxygen atoms in total. The first-order valence-corrected chi connectivity index (χ1v) is 13.0. The fourth-order valence-corrected chi connectivity index (χ4v) is 4.16. The van der Waals surface area contributed by atoms with Gasteiger partial charge in [-0.3, -0.25) is 4.79 Å². The average Bonchev–Trinajstić information content (AvgIpc) is 3.77. The summed E-state index contributed by atoms with van der Waals surface area (Å²) < 4.78 is 39.7. The molecule has 3 aromatic carbocycles. The van der Waals surface area contributed by atoms with E-state index in [4.69, 9.17) is 11.5 Å². The van der Waals surface area contributed by atoms with Crippen LogP contribution in [0.1, 0.15) is 41.1 Å². The molecule has 0 heterocycles. The van der Waals surface area contributed by atoms with Gasteiger partial charge in [0.1, 0.15) is 11.4 Å². The lowest BCUT2D eigenvalue weighted by Crippen LogP contribution is -2.27. The zero-order valence-electron chi connectivity index (χ0n) is 21.9. The number of alkyl halides is 3. The second-order valence-corrected chi connectivity index (χ2v) is 9.71. The molecule has 1 aliphatic rings. The molecule has 1 saturated carbocycles. The van der Waals surface area contributed by atoms with Crippen molar-refractivity contribution < 1.29 is 18.0 Å². The first kappa shape index (κ1) is 28.8. The number of nitrogens with one attached hydrogen (secondary N) is 2. The Labute approximate surface area is 231 Å². The zero-order chi connectivity index (χ0) is 28.7. The smallest absolute Gasteiger partial charge is 0.395 e. The zero-order valence-corrected chi connectivity index (χ0v) is 21.9. The molecule has 1 amide bonds. The van der Waals surface area contributed by atoms with Crippen LogP contribution >= 0.6 is 0 Å². The summed E-state index contributed by atoms with van der Waals surface area (Å²) in [4.78, 5) is 17.4. The number of benzene rings is 3. The largest absolute Gasteiger partial charge is 0.430 e. The lowest BCUT2D eigenvalue weighted by molar-refractivity contribution is -0.110. The number of halogens is 3. The van der Waals surface area contributed by atoms with Crippen LogP contribution in [0, 0.1) is 5.92 Å². The number of rotatable bonds is 11. The van der Waals surface area contributed by atoms with Crippen molar-refractivity contribution in [2.24, 2.45) is 22.4 Å². The molecule has 1 unspecified atom stereocenters. The van der Waals surface area contributed by atoms with Crippen LogP contribution in [-0.4, -0.2) is 24.3 Å². The van der Waals surface area contributed by atoms with Crippen LogP contribution in [0.3, 0.4) is 0 Å². The number of allylic oxidation sites excluding steroid dienone is 1. The number of hydrogen-bond donors (Lipinski definition) is 4. The standard InChI is InChI=1S/C31H32F3N5O/c1-2-20-6-3-8-23(14-20)29(37-19-21-12-13-21)24-9-5-11-26(16-24)39-30(40)27(17-28(36)31(32,33)34)38-25-10-4-7-22(15-25)18-35/h2-11,14-17,21,29,37H,1,12-13,18-19,35-36H2,(H,39,40)/b28-17-,38-27?. The Morgan fingerprint density at radius 1 is 1.05 bits per heavy atom. The number of amides is 1. The highest BCUT2D eigenvalue weighted by Crippen LogP contribution is 2.31. The molecule has 1 aliphatic carbocycles. The summed E-state index contributed by atoms with van der Waals surface area (Å²) in [6, 6.07) is 21.6. The lowest BCUT2D eigenvalue weighted by Gasteiger charge is -2.21. The fourth-order valence-electron chi connectivity index (χ4n) is 4.16. The van der Waals surface area contributed by atoms with E-state index < -0.39 is 23.5 Å². The number of hydrogen-bond acceptors (Lipinski definition) is 5. The Morgan fingerprint density at radius 2 is 1.75 bits per heavy atom. The van der Waals surface area contributed by atoms with Crippen LogP contribution < -0.4 is 22.1 Å². The molecule has 4 rings (SSSR count). The summed E-state index contributed by atoms with van der Waals surface area (Å²) in [5.74, 6) is -0.200. The highest BCUT2D eigenvalue weighted by atomic mass is 19.4. The molecule has 0 bridgehead atoms. The SMILES string of the molecule is C=Cc1cccc(C(NCC2CC2)c2cccc(NC(=O)C(/C=C(\N)C(F)(F)F)=Nc3cccc(CN)c3)c2)c1. The highest BCUT2D eigenvalue weighted by molar-refractivity contribution is 6.47. The minimum absolute atomic E-state index is 0.162. The minimum Gasteiger partial charge on any atom is -0.395 e. The van der Waals surface area contributed by atoms with E-state index in [0.29, 0.717) is 23.2 Å². The molecule has 9 heteroatoms. The van der Waals surface area contributed by atoms with Crippen molar-refractivity contribution in [3.8, 4) is 0 Å². The molecular weight excluding hydrogens is 515 g/mol. The van der Waals surface area contributed by atoms with Crippen molar-refractivity contribution in [2.45, 2.75) is 31.6 Å². The summed E-state index contributed by atoms with van der Waals surface area (Å²) in [6.07, 6.45) is -0.126. The highest BCUT2D eigenvalue weighted by Gasteiger charge is 2.32. The van der Waals surface area contributed by atoms with Gasteiger partial charge < -0.3 is 22.1 Å². The van der Waals surface area contributed by atoms with Crippen LogP contribution in [0.25, 0.3) is 6.08 Å². The molecule has 0 spiro atoms. The summed E-state index contributed by atoms with van der Waals surface area (Å²) in [5.41, 5.74) is 13.3. The van der Waals surface area contributed by atoms with Gasteiger partial charge in [-0.05, 0) is 84.0 Å². The predicted molar refractivity (Wildman–Crippen MR) is 154 cm³/mol. The number of anilines is 1. The first-order chi connectivity index (χ1) is 19.2. The van der Waals surface area contributed by atoms with E-state index in [0.717, 1.165) is 23.2 Å². The fraction of sp³-hybridized carbons (Fsp3) is 0.226. The van der Waals surface area contributed by atoms with E-state index in [1.54, 1.807) is 48.5 Å². The minimum atomic E-state index is -4.82. The monoisotopic (exact) mass is 547 g/mol. The van der Waals surface area contributed by atoms with Crippen molar-refractivity contribution in [1.82, 2.24) is 5.32 Å². The van der Waals surface area contributed by atoms with E-state index in [1.807, 2.05) is 30.3 Å². The second-order valence-electron chi connectivity index (χ2n) is 9.71. The van der Waals surface area contributed by atoms with E-state index in [1.165, 1.54) is 12.8 Å². The predicted octanol–water partition coefficient (Wildman–Crippen LogP) is 5.99. The Hall–Kier alpha value is -4.21. The van der Waals surface area contributed by atoms with Gasteiger partial charge >= 0.3 is 6.18 Å². The van der Waals surface area contributed by atoms with Crippen molar-refractivity contribution in [3.05, 3.63) is 113 Å². The topological polar surface area (TPSA) is 106 Å². The van der Waals surface area contributed by atoms with Crippen LogP contribution in [0.15, 0.2) is 96.1 Å². The second kappa shape index (κ2) is 12.8. The molecule has 0 aromatic heterocycles. The van der Waals surface area contributed by atoms with Gasteiger partial charge in [0.2, 0.25) is 0 Å². The van der Waals surface area contributed by atoms with E-state index >= 15 is 0 Å². The molecule has 1 atom stereocenters. The van der Waals surface area contributed by atoms with Crippen LogP contribution in [0.4, 0.5) is 24.5 Å². The van der Waals surface area contributed by atoms with Gasteiger partial charge in [0, 0.05) is 12.2 Å². The lowest BCUT2D eigenvalue weighted by atomic mass is 9.96. The third-order valence-corrected chi connectivity index (χ3v) is 6.51. The quantitative estimate of drug-likeness (QED) is 0.221. The molecule has 40 heavy (non-hydrogen) atoms. The van der Waals surface area contributed by atoms with Crippen molar-refractivity contribution in [3.63, 3.8) is 0 Å². The van der Waals surface area contributed by atoms with Crippen LogP contribution in [0.2, 0.25) is 0 Å². The van der Waals surface area contributed by atoms with Crippen molar-refractivity contribution in [2.75, 3.05) is 11.9 Å². The van der Waals surface area contributed by atoms with Gasteiger partial charge in [-0.25, -0.2) is 4.99 Å². The van der Waals surface area contributed by atoms with E-state index in [2.05, 4.69) is 22.2 Å². The third kappa shape index (κ3) is 7.91.